The number of hydrogen-bond donors (Lipinski definition) is 1. The van der Waals surface area contributed by atoms with E-state index in [0.29, 0.717) is 18.7 Å². The zero-order valence-corrected chi connectivity index (χ0v) is 18.5. The summed E-state index contributed by atoms with van der Waals surface area (Å²) in [5, 5.41) is 0. The summed E-state index contributed by atoms with van der Waals surface area (Å²) >= 11 is 0. The van der Waals surface area contributed by atoms with Crippen LogP contribution in [0.25, 0.3) is 0 Å². The van der Waals surface area contributed by atoms with Gasteiger partial charge in [-0.3, -0.25) is 9.69 Å². The van der Waals surface area contributed by atoms with Crippen molar-refractivity contribution in [2.45, 2.75) is 45.4 Å². The predicted octanol–water partition coefficient (Wildman–Crippen LogP) is 1.70. The Balaban J connectivity index is 1.55. The molecule has 0 aromatic heterocycles. The maximum Gasteiger partial charge on any atom is 0.253 e. The third-order valence-electron chi connectivity index (χ3n) is 5.54. The van der Waals surface area contributed by atoms with Gasteiger partial charge in [-0.2, -0.15) is 0 Å². The van der Waals surface area contributed by atoms with Crippen LogP contribution in [0.2, 0.25) is 0 Å². The van der Waals surface area contributed by atoms with Gasteiger partial charge in [0, 0.05) is 44.8 Å². The fourth-order valence-corrected chi connectivity index (χ4v) is 4.83. The van der Waals surface area contributed by atoms with Gasteiger partial charge < -0.3 is 9.64 Å². The molecular formula is C21H33N3O4S. The number of carbonyl (C=O) groups excluding carboxylic acids is 1. The third kappa shape index (κ3) is 6.77. The van der Waals surface area contributed by atoms with E-state index in [-0.39, 0.29) is 24.0 Å². The predicted molar refractivity (Wildman–Crippen MR) is 113 cm³/mol. The van der Waals surface area contributed by atoms with Crippen molar-refractivity contribution in [2.75, 3.05) is 39.0 Å². The number of likely N-dealkylation sites (tertiary alicyclic amines) is 1. The molecule has 2 aliphatic heterocycles. The first kappa shape index (κ1) is 22.2. The van der Waals surface area contributed by atoms with Gasteiger partial charge in [0.2, 0.25) is 10.0 Å². The second-order valence-corrected chi connectivity index (χ2v) is 10.4. The summed E-state index contributed by atoms with van der Waals surface area (Å²) in [6.07, 6.45) is 3.47. The summed E-state index contributed by atoms with van der Waals surface area (Å²) in [6.45, 7) is 8.59. The first-order valence-corrected chi connectivity index (χ1v) is 12.3. The molecule has 0 spiro atoms. The molecule has 1 N–H and O–H groups in total. The Morgan fingerprint density at radius 1 is 1.14 bits per heavy atom. The van der Waals surface area contributed by atoms with Crippen molar-refractivity contribution in [2.24, 2.45) is 5.92 Å². The number of morpholine rings is 1. The van der Waals surface area contributed by atoms with E-state index < -0.39 is 10.0 Å². The number of benzene rings is 1. The van der Waals surface area contributed by atoms with E-state index in [9.17, 15) is 13.2 Å². The normalized spacial score (nSPS) is 26.4. The van der Waals surface area contributed by atoms with Crippen LogP contribution in [0.15, 0.2) is 24.3 Å². The molecule has 7 nitrogen and oxygen atoms in total. The molecule has 162 valence electrons. The van der Waals surface area contributed by atoms with E-state index in [1.807, 2.05) is 29.2 Å². The molecule has 2 heterocycles. The van der Waals surface area contributed by atoms with Crippen LogP contribution < -0.4 is 4.72 Å². The van der Waals surface area contributed by atoms with E-state index >= 15 is 0 Å². The molecule has 0 radical (unpaired) electrons. The largest absolute Gasteiger partial charge is 0.373 e. The Bertz CT molecular complexity index is 787. The van der Waals surface area contributed by atoms with Gasteiger partial charge in [-0.05, 0) is 50.3 Å². The minimum atomic E-state index is -3.20. The Morgan fingerprint density at radius 2 is 1.79 bits per heavy atom. The van der Waals surface area contributed by atoms with Gasteiger partial charge in [-0.25, -0.2) is 13.1 Å². The highest BCUT2D eigenvalue weighted by Crippen LogP contribution is 2.19. The first-order valence-electron chi connectivity index (χ1n) is 10.4. The van der Waals surface area contributed by atoms with Gasteiger partial charge in [0.1, 0.15) is 0 Å². The fourth-order valence-electron chi connectivity index (χ4n) is 4.29. The van der Waals surface area contributed by atoms with Gasteiger partial charge in [0.05, 0.1) is 18.5 Å². The van der Waals surface area contributed by atoms with E-state index in [1.165, 1.54) is 11.8 Å². The third-order valence-corrected chi connectivity index (χ3v) is 6.23. The van der Waals surface area contributed by atoms with E-state index in [4.69, 9.17) is 4.74 Å². The van der Waals surface area contributed by atoms with Gasteiger partial charge >= 0.3 is 0 Å². The Labute approximate surface area is 174 Å². The number of sulfonamides is 1. The highest BCUT2D eigenvalue weighted by Gasteiger charge is 2.25. The topological polar surface area (TPSA) is 79.0 Å². The number of nitrogens with one attached hydrogen (secondary N) is 1. The summed E-state index contributed by atoms with van der Waals surface area (Å²) in [6, 6.07) is 7.88. The molecule has 29 heavy (non-hydrogen) atoms. The maximum atomic E-state index is 12.9. The number of rotatable bonds is 6. The van der Waals surface area contributed by atoms with Gasteiger partial charge in [0.15, 0.2) is 0 Å². The summed E-state index contributed by atoms with van der Waals surface area (Å²) in [4.78, 5) is 17.1. The summed E-state index contributed by atoms with van der Waals surface area (Å²) in [5.41, 5.74) is 1.88. The van der Waals surface area contributed by atoms with Gasteiger partial charge in [-0.15, -0.1) is 0 Å². The number of hydrogen-bond acceptors (Lipinski definition) is 5. The average Bonchev–Trinajstić information content (AvgIpc) is 2.65. The number of carbonyl (C=O) groups is 1. The Morgan fingerprint density at radius 3 is 2.41 bits per heavy atom. The lowest BCUT2D eigenvalue weighted by molar-refractivity contribution is -0.0704. The van der Waals surface area contributed by atoms with Crippen LogP contribution in [0, 0.1) is 5.92 Å². The van der Waals surface area contributed by atoms with Crippen molar-refractivity contribution in [1.29, 1.82) is 0 Å². The molecule has 2 saturated heterocycles. The van der Waals surface area contributed by atoms with Crippen LogP contribution in [0.1, 0.15) is 42.6 Å². The lowest BCUT2D eigenvalue weighted by Crippen LogP contribution is -2.44. The van der Waals surface area contributed by atoms with Crippen molar-refractivity contribution in [1.82, 2.24) is 14.5 Å². The number of ether oxygens (including phenoxy) is 1. The second-order valence-electron chi connectivity index (χ2n) is 8.53. The standard InChI is InChI=1S/C21H33N3O4S/c1-16-12-23(13-17(2)28-16)14-18-6-8-20(9-7-18)21(25)24-10-4-5-19(15-24)11-22-29(3,26)27/h6-9,16-17,19,22H,4-5,10-15H2,1-3H3/t16-,17-,19-/m1/s1. The molecule has 0 saturated carbocycles. The highest BCUT2D eigenvalue weighted by atomic mass is 32.2. The molecule has 0 aliphatic carbocycles. The lowest BCUT2D eigenvalue weighted by Gasteiger charge is -2.35. The Kier molecular flexibility index (Phi) is 7.32. The van der Waals surface area contributed by atoms with Gasteiger partial charge in [0.25, 0.3) is 5.91 Å². The van der Waals surface area contributed by atoms with Gasteiger partial charge in [-0.1, -0.05) is 12.1 Å². The van der Waals surface area contributed by atoms with Crippen molar-refractivity contribution < 1.29 is 17.9 Å². The highest BCUT2D eigenvalue weighted by molar-refractivity contribution is 7.88. The zero-order chi connectivity index (χ0) is 21.0. The second kappa shape index (κ2) is 9.55. The summed E-state index contributed by atoms with van der Waals surface area (Å²) in [7, 11) is -3.20. The zero-order valence-electron chi connectivity index (χ0n) is 17.6. The molecule has 2 fully saturated rings. The molecule has 1 amide bonds. The van der Waals surface area contributed by atoms with Crippen LogP contribution in [-0.4, -0.2) is 75.3 Å². The lowest BCUT2D eigenvalue weighted by atomic mass is 9.97. The molecule has 3 rings (SSSR count). The molecule has 2 aliphatic rings. The molecule has 1 aromatic rings. The van der Waals surface area contributed by atoms with E-state index in [1.54, 1.807) is 0 Å². The van der Waals surface area contributed by atoms with Crippen molar-refractivity contribution >= 4 is 15.9 Å². The minimum Gasteiger partial charge on any atom is -0.373 e. The van der Waals surface area contributed by atoms with Crippen LogP contribution in [-0.2, 0) is 21.3 Å². The molecular weight excluding hydrogens is 390 g/mol. The van der Waals surface area contributed by atoms with Crippen LogP contribution in [0.4, 0.5) is 0 Å². The summed E-state index contributed by atoms with van der Waals surface area (Å²) < 4.78 is 31.0. The quantitative estimate of drug-likeness (QED) is 0.753. The van der Waals surface area contributed by atoms with Crippen molar-refractivity contribution in [3.05, 3.63) is 35.4 Å². The molecule has 0 unspecified atom stereocenters. The first-order chi connectivity index (χ1) is 13.7. The minimum absolute atomic E-state index is 0.0224. The van der Waals surface area contributed by atoms with Crippen LogP contribution in [0.3, 0.4) is 0 Å². The molecule has 0 bridgehead atoms. The SMILES string of the molecule is C[C@@H]1CN(Cc2ccc(C(=O)N3CCC[C@H](CNS(C)(=O)=O)C3)cc2)C[C@@H](C)O1. The Hall–Kier alpha value is -1.48. The van der Waals surface area contributed by atoms with Crippen molar-refractivity contribution in [3.63, 3.8) is 0 Å². The number of piperidine rings is 1. The van der Waals surface area contributed by atoms with E-state index in [2.05, 4.69) is 23.5 Å². The molecule has 8 heteroatoms. The summed E-state index contributed by atoms with van der Waals surface area (Å²) in [5.74, 6) is 0.182. The molecule has 3 atom stereocenters. The number of amides is 1. The monoisotopic (exact) mass is 423 g/mol. The maximum absolute atomic E-state index is 12.9. The smallest absolute Gasteiger partial charge is 0.253 e. The van der Waals surface area contributed by atoms with Crippen molar-refractivity contribution in [3.8, 4) is 0 Å². The molecule has 1 aromatic carbocycles. The number of nitrogens with zero attached hydrogens (tertiary/aromatic N) is 2. The van der Waals surface area contributed by atoms with E-state index in [0.717, 1.165) is 39.0 Å². The fraction of sp³-hybridized carbons (Fsp3) is 0.667. The van der Waals surface area contributed by atoms with Crippen LogP contribution >= 0.6 is 0 Å². The average molecular weight is 424 g/mol. The van der Waals surface area contributed by atoms with Crippen LogP contribution in [0.5, 0.6) is 0 Å².